The molecule has 0 fully saturated rings. The Bertz CT molecular complexity index is 1160. The number of pyridine rings is 1. The molecule has 5 rings (SSSR count). The third-order valence-corrected chi connectivity index (χ3v) is 5.55. The Kier molecular flexibility index (Phi) is 4.34. The minimum absolute atomic E-state index is 0.581. The maximum absolute atomic E-state index is 6.50. The predicted molar refractivity (Wildman–Crippen MR) is 109 cm³/mol. The van der Waals surface area contributed by atoms with Crippen LogP contribution in [0.2, 0.25) is 5.15 Å². The molecule has 0 spiro atoms. The maximum atomic E-state index is 6.50. The number of rotatable bonds is 3. The van der Waals surface area contributed by atoms with Gasteiger partial charge in [0.25, 0.3) is 0 Å². The second-order valence-electron chi connectivity index (χ2n) is 7.19. The van der Waals surface area contributed by atoms with Gasteiger partial charge in [0.1, 0.15) is 5.15 Å². The van der Waals surface area contributed by atoms with Crippen LogP contribution in [0.1, 0.15) is 22.4 Å². The summed E-state index contributed by atoms with van der Waals surface area (Å²) in [6.45, 7) is 4.54. The average molecular weight is 391 g/mol. The zero-order valence-corrected chi connectivity index (χ0v) is 16.3. The molecule has 0 saturated carbocycles. The Hall–Kier alpha value is -2.76. The number of nitrogens with zero attached hydrogens (tertiary/aromatic N) is 4. The van der Waals surface area contributed by atoms with Gasteiger partial charge in [-0.3, -0.25) is 4.90 Å². The molecule has 6 heteroatoms. The molecule has 0 atom stereocenters. The monoisotopic (exact) mass is 390 g/mol. The van der Waals surface area contributed by atoms with E-state index in [0.29, 0.717) is 16.7 Å². The third-order valence-electron chi connectivity index (χ3n) is 5.22. The molecule has 0 saturated heterocycles. The largest absolute Gasteiger partial charge is 0.461 e. The molecule has 0 bridgehead atoms. The number of para-hydroxylation sites is 1. The number of fused-ring (bicyclic) bond motifs is 2. The van der Waals surface area contributed by atoms with Crippen molar-refractivity contribution in [3.63, 3.8) is 0 Å². The molecule has 3 aromatic heterocycles. The molecule has 5 nitrogen and oxygen atoms in total. The Morgan fingerprint density at radius 1 is 1.18 bits per heavy atom. The summed E-state index contributed by atoms with van der Waals surface area (Å²) in [5.41, 5.74) is 5.41. The van der Waals surface area contributed by atoms with E-state index < -0.39 is 0 Å². The van der Waals surface area contributed by atoms with Crippen molar-refractivity contribution in [1.82, 2.24) is 19.9 Å². The molecule has 4 aromatic rings. The number of hydrogen-bond acceptors (Lipinski definition) is 5. The van der Waals surface area contributed by atoms with Gasteiger partial charge in [0.15, 0.2) is 11.6 Å². The van der Waals surface area contributed by atoms with Gasteiger partial charge in [-0.05, 0) is 30.7 Å². The summed E-state index contributed by atoms with van der Waals surface area (Å²) < 4.78 is 5.41. The molecule has 0 aliphatic carbocycles. The van der Waals surface area contributed by atoms with Crippen LogP contribution in [-0.4, -0.2) is 26.4 Å². The summed E-state index contributed by atoms with van der Waals surface area (Å²) in [6, 6.07) is 12.1. The molecule has 0 amide bonds. The van der Waals surface area contributed by atoms with E-state index in [9.17, 15) is 0 Å². The van der Waals surface area contributed by atoms with Gasteiger partial charge in [0.05, 0.1) is 17.5 Å². The van der Waals surface area contributed by atoms with Crippen molar-refractivity contribution in [2.45, 2.75) is 26.4 Å². The molecule has 1 aromatic carbocycles. The van der Waals surface area contributed by atoms with Crippen molar-refractivity contribution < 1.29 is 4.42 Å². The first-order valence-corrected chi connectivity index (χ1v) is 9.71. The van der Waals surface area contributed by atoms with Gasteiger partial charge in [-0.15, -0.1) is 0 Å². The Balaban J connectivity index is 1.38. The lowest BCUT2D eigenvalue weighted by molar-refractivity contribution is 0.243. The molecule has 1 aliphatic rings. The molecule has 0 radical (unpaired) electrons. The van der Waals surface area contributed by atoms with Crippen LogP contribution in [0, 0.1) is 6.92 Å². The van der Waals surface area contributed by atoms with Gasteiger partial charge in [-0.25, -0.2) is 15.0 Å². The van der Waals surface area contributed by atoms with Crippen LogP contribution in [0.5, 0.6) is 0 Å². The average Bonchev–Trinajstić information content (AvgIpc) is 3.24. The lowest BCUT2D eigenvalue weighted by Crippen LogP contribution is -2.31. The summed E-state index contributed by atoms with van der Waals surface area (Å²) in [5.74, 6) is 1.35. The summed E-state index contributed by atoms with van der Waals surface area (Å²) >= 11 is 6.50. The van der Waals surface area contributed by atoms with Crippen LogP contribution in [0.15, 0.2) is 53.3 Å². The number of benzene rings is 1. The Morgan fingerprint density at radius 3 is 2.96 bits per heavy atom. The second kappa shape index (κ2) is 7.00. The fraction of sp³-hybridized carbons (Fsp3) is 0.227. The summed E-state index contributed by atoms with van der Waals surface area (Å²) in [5, 5.41) is 1.71. The smallest absolute Gasteiger partial charge is 0.195 e. The SMILES string of the molecule is Cc1cccc2cc(CN3CCc4nc(-c5ccco5)ncc4C3)c(Cl)nc12. The topological polar surface area (TPSA) is 55.1 Å². The number of aromatic nitrogens is 3. The standard InChI is InChI=1S/C22H19ClN4O/c1-14-4-2-5-15-10-16(21(23)26-20(14)15)12-27-8-7-18-17(13-27)11-24-22(25-18)19-6-3-9-28-19/h2-6,9-11H,7-8,12-13H2,1H3. The molecule has 0 N–H and O–H groups in total. The van der Waals surface area contributed by atoms with Crippen molar-refractivity contribution in [2.75, 3.05) is 6.54 Å². The van der Waals surface area contributed by atoms with Gasteiger partial charge in [0, 0.05) is 48.8 Å². The van der Waals surface area contributed by atoms with Crippen LogP contribution in [0.25, 0.3) is 22.5 Å². The molecule has 140 valence electrons. The highest BCUT2D eigenvalue weighted by Crippen LogP contribution is 2.26. The number of halogens is 1. The van der Waals surface area contributed by atoms with Crippen LogP contribution >= 0.6 is 11.6 Å². The highest BCUT2D eigenvalue weighted by atomic mass is 35.5. The Morgan fingerprint density at radius 2 is 2.11 bits per heavy atom. The van der Waals surface area contributed by atoms with Crippen LogP contribution in [0.3, 0.4) is 0 Å². The van der Waals surface area contributed by atoms with E-state index in [-0.39, 0.29) is 0 Å². The van der Waals surface area contributed by atoms with E-state index in [0.717, 1.165) is 59.3 Å². The van der Waals surface area contributed by atoms with E-state index in [4.69, 9.17) is 21.0 Å². The minimum Gasteiger partial charge on any atom is -0.461 e. The second-order valence-corrected chi connectivity index (χ2v) is 7.55. The van der Waals surface area contributed by atoms with E-state index >= 15 is 0 Å². The zero-order valence-electron chi connectivity index (χ0n) is 15.5. The van der Waals surface area contributed by atoms with Crippen LogP contribution in [-0.2, 0) is 19.5 Å². The van der Waals surface area contributed by atoms with Crippen molar-refractivity contribution in [3.8, 4) is 11.6 Å². The molecule has 4 heterocycles. The highest BCUT2D eigenvalue weighted by molar-refractivity contribution is 6.30. The number of aryl methyl sites for hydroxylation is 1. The quantitative estimate of drug-likeness (QED) is 0.470. The molecule has 28 heavy (non-hydrogen) atoms. The molecular formula is C22H19ClN4O. The Labute approximate surface area is 168 Å². The van der Waals surface area contributed by atoms with E-state index in [1.165, 1.54) is 0 Å². The van der Waals surface area contributed by atoms with Crippen molar-refractivity contribution in [1.29, 1.82) is 0 Å². The van der Waals surface area contributed by atoms with E-state index in [1.807, 2.05) is 18.3 Å². The van der Waals surface area contributed by atoms with Crippen LogP contribution < -0.4 is 0 Å². The minimum atomic E-state index is 0.581. The first kappa shape index (κ1) is 17.3. The summed E-state index contributed by atoms with van der Waals surface area (Å²) in [7, 11) is 0. The zero-order chi connectivity index (χ0) is 19.1. The predicted octanol–water partition coefficient (Wildman–Crippen LogP) is 4.80. The van der Waals surface area contributed by atoms with E-state index in [2.05, 4.69) is 46.1 Å². The summed E-state index contributed by atoms with van der Waals surface area (Å²) in [6.07, 6.45) is 4.43. The van der Waals surface area contributed by atoms with Crippen molar-refractivity contribution in [2.24, 2.45) is 0 Å². The van der Waals surface area contributed by atoms with Crippen molar-refractivity contribution >= 4 is 22.5 Å². The fourth-order valence-electron chi connectivity index (χ4n) is 3.75. The first-order chi connectivity index (χ1) is 13.7. The molecule has 1 aliphatic heterocycles. The number of hydrogen-bond donors (Lipinski definition) is 0. The maximum Gasteiger partial charge on any atom is 0.195 e. The molecular weight excluding hydrogens is 372 g/mol. The third kappa shape index (κ3) is 3.17. The normalized spacial score (nSPS) is 14.4. The van der Waals surface area contributed by atoms with Gasteiger partial charge < -0.3 is 4.42 Å². The highest BCUT2D eigenvalue weighted by Gasteiger charge is 2.20. The van der Waals surface area contributed by atoms with Gasteiger partial charge in [-0.1, -0.05) is 29.8 Å². The summed E-state index contributed by atoms with van der Waals surface area (Å²) in [4.78, 5) is 16.2. The lowest BCUT2D eigenvalue weighted by atomic mass is 10.1. The lowest BCUT2D eigenvalue weighted by Gasteiger charge is -2.28. The van der Waals surface area contributed by atoms with Gasteiger partial charge >= 0.3 is 0 Å². The fourth-order valence-corrected chi connectivity index (χ4v) is 3.95. The van der Waals surface area contributed by atoms with E-state index in [1.54, 1.807) is 6.26 Å². The van der Waals surface area contributed by atoms with Crippen molar-refractivity contribution in [3.05, 3.63) is 76.4 Å². The van der Waals surface area contributed by atoms with Gasteiger partial charge in [-0.2, -0.15) is 0 Å². The number of furan rings is 1. The van der Waals surface area contributed by atoms with Crippen LogP contribution in [0.4, 0.5) is 0 Å². The first-order valence-electron chi connectivity index (χ1n) is 9.33. The molecule has 0 unspecified atom stereocenters. The van der Waals surface area contributed by atoms with Gasteiger partial charge in [0.2, 0.25) is 0 Å².